The van der Waals surface area contributed by atoms with Gasteiger partial charge in [-0.25, -0.2) is 14.4 Å². The maximum atomic E-state index is 15.3. The zero-order valence-electron chi connectivity index (χ0n) is 36.2. The standard InChI is InChI=1S/C48H58FN9O4/c1-29-20-36-34-6-4-5-7-37(34)52-42(36)43(58(29)28-47(2,3)49)31-23-50-46(51-24-31)54-16-14-48(15-17-54)12-10-32(11-13-48)55-18-19-56-33(26-55)27-62-40-22-35-30(21-39(40)56)25-57(45(35)61)38-8-9-41(59)53-44(38)60/h4-7,21-24,29,32-33,38,43,52H,8-20,25-28H2,1-3H3,(H,53,59,60)/t29-,33+,38?,43-/m1/s1. The van der Waals surface area contributed by atoms with Gasteiger partial charge in [0.1, 0.15) is 24.1 Å². The molecule has 2 aromatic heterocycles. The number of ether oxygens (including phenoxy) is 1. The summed E-state index contributed by atoms with van der Waals surface area (Å²) in [6.07, 6.45) is 12.6. The number of aromatic nitrogens is 3. The van der Waals surface area contributed by atoms with Crippen molar-refractivity contribution in [1.29, 1.82) is 0 Å². The number of carbonyl (C=O) groups is 3. The minimum atomic E-state index is -1.34. The zero-order valence-corrected chi connectivity index (χ0v) is 36.2. The van der Waals surface area contributed by atoms with E-state index in [2.05, 4.69) is 67.2 Å². The van der Waals surface area contributed by atoms with Gasteiger partial charge >= 0.3 is 0 Å². The number of hydrogen-bond acceptors (Lipinski definition) is 10. The Labute approximate surface area is 362 Å². The highest BCUT2D eigenvalue weighted by Crippen LogP contribution is 2.48. The highest BCUT2D eigenvalue weighted by molar-refractivity contribution is 6.06. The van der Waals surface area contributed by atoms with Crippen LogP contribution >= 0.6 is 0 Å². The molecule has 4 atom stereocenters. The van der Waals surface area contributed by atoms with Crippen LogP contribution in [-0.2, 0) is 22.6 Å². The van der Waals surface area contributed by atoms with Gasteiger partial charge in [0.2, 0.25) is 17.8 Å². The number of fused-ring (bicyclic) bond motifs is 7. The van der Waals surface area contributed by atoms with E-state index in [1.807, 2.05) is 18.5 Å². The Kier molecular flexibility index (Phi) is 9.64. The van der Waals surface area contributed by atoms with E-state index in [-0.39, 0.29) is 42.3 Å². The van der Waals surface area contributed by atoms with Crippen LogP contribution in [-0.4, -0.2) is 123 Å². The van der Waals surface area contributed by atoms with Crippen molar-refractivity contribution in [2.75, 3.05) is 55.7 Å². The van der Waals surface area contributed by atoms with Crippen LogP contribution in [0.5, 0.6) is 5.75 Å². The first-order valence-corrected chi connectivity index (χ1v) is 23.0. The molecule has 0 radical (unpaired) electrons. The number of carbonyl (C=O) groups excluding carboxylic acids is 3. The summed E-state index contributed by atoms with van der Waals surface area (Å²) in [5, 5.41) is 3.64. The molecule has 1 saturated carbocycles. The molecule has 2 aromatic carbocycles. The molecular formula is C48H58FN9O4. The maximum absolute atomic E-state index is 15.3. The lowest BCUT2D eigenvalue weighted by molar-refractivity contribution is -0.136. The number of piperidine rings is 2. The minimum absolute atomic E-state index is 0.151. The van der Waals surface area contributed by atoms with E-state index in [0.29, 0.717) is 43.1 Å². The number of piperazine rings is 1. The first-order valence-electron chi connectivity index (χ1n) is 23.0. The molecule has 4 aromatic rings. The second kappa shape index (κ2) is 15.0. The lowest BCUT2D eigenvalue weighted by atomic mass is 9.66. The number of H-pyrrole nitrogens is 1. The number of alkyl halides is 1. The Morgan fingerprint density at radius 3 is 2.47 bits per heavy atom. The number of nitrogens with one attached hydrogen (secondary N) is 2. The maximum Gasteiger partial charge on any atom is 0.255 e. The number of hydrogen-bond donors (Lipinski definition) is 2. The molecule has 13 nitrogen and oxygen atoms in total. The van der Waals surface area contributed by atoms with Crippen molar-refractivity contribution in [2.45, 2.75) is 121 Å². The Hall–Kier alpha value is -5.08. The molecule has 7 aliphatic rings. The second-order valence-corrected chi connectivity index (χ2v) is 20.0. The SMILES string of the molecule is C[C@@H]1Cc2c([nH]c3ccccc23)[C@@H](c2cnc(N3CCC4(CCC(N5CCN6c7cc8c(cc7OC[C@@H]6C5)C(=O)N(C5CCC(=O)NC5=O)C8)CC4)CC3)nc2)N1CC(C)(C)F. The van der Waals surface area contributed by atoms with E-state index in [4.69, 9.17) is 14.7 Å². The van der Waals surface area contributed by atoms with Crippen LogP contribution in [0.3, 0.4) is 0 Å². The third-order valence-electron chi connectivity index (χ3n) is 15.5. The van der Waals surface area contributed by atoms with Crippen molar-refractivity contribution < 1.29 is 23.5 Å². The molecule has 8 heterocycles. The number of imide groups is 1. The largest absolute Gasteiger partial charge is 0.489 e. The van der Waals surface area contributed by atoms with Crippen LogP contribution in [0.4, 0.5) is 16.0 Å². The van der Waals surface area contributed by atoms with Gasteiger partial charge in [0.15, 0.2) is 0 Å². The molecule has 1 spiro atoms. The number of rotatable bonds is 6. The Balaban J connectivity index is 0.707. The van der Waals surface area contributed by atoms with Crippen LogP contribution in [0, 0.1) is 5.41 Å². The molecule has 1 unspecified atom stereocenters. The molecule has 326 valence electrons. The normalized spacial score (nSPS) is 26.9. The fourth-order valence-electron chi connectivity index (χ4n) is 12.2. The van der Waals surface area contributed by atoms with E-state index in [1.165, 1.54) is 36.6 Å². The van der Waals surface area contributed by atoms with Crippen molar-refractivity contribution in [2.24, 2.45) is 5.41 Å². The first kappa shape index (κ1) is 39.7. The van der Waals surface area contributed by atoms with Crippen LogP contribution < -0.4 is 19.9 Å². The van der Waals surface area contributed by atoms with Crippen LogP contribution in [0.1, 0.15) is 111 Å². The molecule has 2 N–H and O–H groups in total. The molecule has 11 rings (SSSR count). The summed E-state index contributed by atoms with van der Waals surface area (Å²) in [4.78, 5) is 62.9. The highest BCUT2D eigenvalue weighted by atomic mass is 19.1. The van der Waals surface area contributed by atoms with Gasteiger partial charge in [0, 0.05) is 104 Å². The minimum Gasteiger partial charge on any atom is -0.489 e. The second-order valence-electron chi connectivity index (χ2n) is 20.0. The predicted octanol–water partition coefficient (Wildman–Crippen LogP) is 5.92. The van der Waals surface area contributed by atoms with Gasteiger partial charge in [-0.2, -0.15) is 0 Å². The number of anilines is 2. The lowest BCUT2D eigenvalue weighted by Gasteiger charge is -2.51. The third kappa shape index (κ3) is 6.92. The summed E-state index contributed by atoms with van der Waals surface area (Å²) in [5.41, 5.74) is 6.13. The molecule has 14 heteroatoms. The van der Waals surface area contributed by atoms with Crippen LogP contribution in [0.25, 0.3) is 10.9 Å². The molecule has 62 heavy (non-hydrogen) atoms. The van der Waals surface area contributed by atoms with E-state index in [9.17, 15) is 14.4 Å². The van der Waals surface area contributed by atoms with E-state index in [0.717, 1.165) is 91.7 Å². The highest BCUT2D eigenvalue weighted by Gasteiger charge is 2.45. The monoisotopic (exact) mass is 843 g/mol. The quantitative estimate of drug-likeness (QED) is 0.226. The van der Waals surface area contributed by atoms with Crippen LogP contribution in [0.2, 0.25) is 0 Å². The Morgan fingerprint density at radius 1 is 0.935 bits per heavy atom. The molecule has 4 fully saturated rings. The molecular weight excluding hydrogens is 786 g/mol. The number of halogens is 1. The van der Waals surface area contributed by atoms with Crippen molar-refractivity contribution in [3.8, 4) is 5.75 Å². The molecule has 6 aliphatic heterocycles. The summed E-state index contributed by atoms with van der Waals surface area (Å²) in [7, 11) is 0. The van der Waals surface area contributed by atoms with Crippen molar-refractivity contribution in [1.82, 2.24) is 35.0 Å². The molecule has 3 amide bonds. The van der Waals surface area contributed by atoms with Gasteiger partial charge in [0.05, 0.1) is 17.8 Å². The predicted molar refractivity (Wildman–Crippen MR) is 234 cm³/mol. The zero-order chi connectivity index (χ0) is 42.5. The summed E-state index contributed by atoms with van der Waals surface area (Å²) in [5.74, 6) is 0.688. The molecule has 1 aliphatic carbocycles. The average molecular weight is 844 g/mol. The van der Waals surface area contributed by atoms with Crippen molar-refractivity contribution in [3.63, 3.8) is 0 Å². The summed E-state index contributed by atoms with van der Waals surface area (Å²) >= 11 is 0. The van der Waals surface area contributed by atoms with Gasteiger partial charge in [-0.1, -0.05) is 18.2 Å². The van der Waals surface area contributed by atoms with Gasteiger partial charge in [-0.3, -0.25) is 29.5 Å². The van der Waals surface area contributed by atoms with Gasteiger partial charge < -0.3 is 24.4 Å². The number of aromatic amines is 1. The number of benzene rings is 2. The van der Waals surface area contributed by atoms with Crippen molar-refractivity contribution in [3.05, 3.63) is 76.7 Å². The van der Waals surface area contributed by atoms with E-state index >= 15 is 4.39 Å². The van der Waals surface area contributed by atoms with Gasteiger partial charge in [-0.05, 0) is 107 Å². The number of para-hydroxylation sites is 1. The fourth-order valence-corrected chi connectivity index (χ4v) is 12.2. The van der Waals surface area contributed by atoms with E-state index in [1.54, 1.807) is 18.7 Å². The lowest BCUT2D eigenvalue weighted by Crippen LogP contribution is -2.60. The van der Waals surface area contributed by atoms with Gasteiger partial charge in [-0.15, -0.1) is 0 Å². The first-order chi connectivity index (χ1) is 29.9. The average Bonchev–Trinajstić information content (AvgIpc) is 3.79. The summed E-state index contributed by atoms with van der Waals surface area (Å²) < 4.78 is 21.6. The number of nitrogens with zero attached hydrogens (tertiary/aromatic N) is 7. The molecule has 3 saturated heterocycles. The van der Waals surface area contributed by atoms with E-state index < -0.39 is 11.7 Å². The Bertz CT molecular complexity index is 2410. The Morgan fingerprint density at radius 2 is 1.71 bits per heavy atom. The fraction of sp³-hybridized carbons (Fsp3) is 0.562. The molecule has 0 bridgehead atoms. The summed E-state index contributed by atoms with van der Waals surface area (Å²) in [6, 6.07) is 12.6. The van der Waals surface area contributed by atoms with Crippen molar-refractivity contribution >= 4 is 40.3 Å². The van der Waals surface area contributed by atoms with Gasteiger partial charge in [0.25, 0.3) is 5.91 Å². The van der Waals surface area contributed by atoms with Crippen LogP contribution in [0.15, 0.2) is 48.8 Å². The topological polar surface area (TPSA) is 130 Å². The summed E-state index contributed by atoms with van der Waals surface area (Å²) in [6.45, 7) is 11.6. The third-order valence-corrected chi connectivity index (χ3v) is 15.5. The number of amides is 3. The smallest absolute Gasteiger partial charge is 0.255 e.